The minimum atomic E-state index is -4.06. The topological polar surface area (TPSA) is 472 Å². The van der Waals surface area contributed by atoms with Crippen LogP contribution in [0.4, 0.5) is 17.6 Å². The van der Waals surface area contributed by atoms with Crippen LogP contribution < -0.4 is 21.3 Å². The first-order valence-electron chi connectivity index (χ1n) is 44.3. The SMILES string of the molecule is C=C1C(O)=C(C(=O)NCc2ccc(F)cc2S(=O)(=O)C2CCCCCC2)N=C2N1CCOC2(C)C.C=C1C(O)=C(C(=O)NCc2ccc(F)cc2S(=O)(=O)N2CCC(O)CC2)N=C2N1CCOC2(C)C.C=C1C(O)=C(C(=O)NCc2ccc(F)cc2S(=O)(=O)N2CCC2)N=C2N1CCOC2(C)C.C=C1C(O)=C(C(=O)NCc2ccc(F)cc2S(=O)(=O)N2CCOCC2)N=C2N1CCOC2(C)C. The first-order valence-corrected chi connectivity index (χ1v) is 50.1. The lowest BCUT2D eigenvalue weighted by Crippen LogP contribution is -2.54. The summed E-state index contributed by atoms with van der Waals surface area (Å²) in [6.07, 6.45) is 5.45. The molecule has 37 nitrogen and oxygen atoms in total. The molecule has 4 aromatic rings. The van der Waals surface area contributed by atoms with Gasteiger partial charge in [0.05, 0.1) is 93.4 Å². The van der Waals surface area contributed by atoms with Crippen molar-refractivity contribution in [1.82, 2.24) is 53.8 Å². The Balaban J connectivity index is 0.000000153. The third kappa shape index (κ3) is 21.7. The third-order valence-corrected chi connectivity index (χ3v) is 33.1. The van der Waals surface area contributed by atoms with Gasteiger partial charge in [-0.3, -0.25) is 19.2 Å². The summed E-state index contributed by atoms with van der Waals surface area (Å²) in [5, 5.41) is 61.8. The molecule has 1 saturated carbocycles. The van der Waals surface area contributed by atoms with Gasteiger partial charge in [-0.25, -0.2) is 71.2 Å². The highest BCUT2D eigenvalue weighted by Gasteiger charge is 2.47. The summed E-state index contributed by atoms with van der Waals surface area (Å²) >= 11 is 0. The molecule has 0 bridgehead atoms. The normalized spacial score (nSPS) is 21.3. The van der Waals surface area contributed by atoms with E-state index in [9.17, 15) is 95.9 Å². The Bertz CT molecular complexity index is 6250. The number of piperidine rings is 1. The highest BCUT2D eigenvalue weighted by atomic mass is 32.2. The Hall–Kier alpha value is -11.1. The average molecular weight is 1970 g/mol. The van der Waals surface area contributed by atoms with Crippen molar-refractivity contribution < 1.29 is 120 Å². The van der Waals surface area contributed by atoms with Gasteiger partial charge < -0.3 is 90.1 Å². The van der Waals surface area contributed by atoms with Crippen molar-refractivity contribution >= 4 is 86.9 Å². The number of hydrogen-bond acceptors (Lipinski definition) is 30. The second-order valence-electron chi connectivity index (χ2n) is 35.7. The molecule has 0 aromatic heterocycles. The lowest BCUT2D eigenvalue weighted by molar-refractivity contribution is -0.118. The summed E-state index contributed by atoms with van der Waals surface area (Å²) in [5.41, 5.74) is -2.36. The molecule has 7 saturated heterocycles. The number of aliphatic imine (C=N–C) groups is 4. The predicted octanol–water partition coefficient (Wildman–Crippen LogP) is 8.05. The maximum absolute atomic E-state index is 14.1. The molecule has 0 atom stereocenters. The van der Waals surface area contributed by atoms with Crippen molar-refractivity contribution in [3.8, 4) is 0 Å². The smallest absolute Gasteiger partial charge is 0.274 e. The second-order valence-corrected chi connectivity index (χ2v) is 43.6. The molecule has 11 aliphatic heterocycles. The standard InChI is InChI=1S/C25H32FN3O5S.C23H29FN4O6S.C22H27FN4O6S.C21H25FN4O5S/c1-16-22(30)21(28-24-25(2,3)34-13-12-29(16)24)23(31)27-15-17-10-11-18(26)14-20(17)35(32,33)19-8-6-4-5-7-9-19;1-14-20(30)19(26-22-23(2,3)34-11-10-28(14)22)21(31)25-13-15-4-5-16(24)12-18(15)35(32,33)27-8-6-17(29)7-9-27;1-14-19(28)18(25-21-22(2,3)33-11-8-27(14)21)20(29)24-13-15-4-5-16(23)12-17(15)34(30,31)26-6-9-32-10-7-26;1-13-18(27)17(24-20-21(2,3)31-10-9-26(13)20)19(28)23-12-14-5-6-15(22)11-16(14)32(29,30)25-7-4-8-25/h10-11,14,19,30H,1,4-9,12-13,15H2,2-3H3,(H,27,31);4-5,12,17,29-30H,1,6-11,13H2,2-3H3,(H,25,31);4-5,12,28H,1,6-11,13H2,2-3H3,(H,24,29);5-6,11,27H,1,4,7-10,12H2,2-3H3,(H,23,28). The molecule has 45 heteroatoms. The van der Waals surface area contributed by atoms with Crippen molar-refractivity contribution in [2.75, 3.05) is 105 Å². The van der Waals surface area contributed by atoms with Gasteiger partial charge in [0.15, 0.2) is 55.7 Å². The Morgan fingerprint density at radius 2 is 0.625 bits per heavy atom. The molecule has 16 rings (SSSR count). The van der Waals surface area contributed by atoms with Crippen LogP contribution in [-0.2, 0) is 109 Å². The van der Waals surface area contributed by atoms with E-state index in [1.807, 2.05) is 13.8 Å². The zero-order chi connectivity index (χ0) is 98.9. The number of morpholine rings is 5. The number of benzene rings is 4. The number of amides is 4. The number of amidine groups is 4. The number of carbonyl (C=O) groups is 4. The minimum absolute atomic E-state index is 0.102. The predicted molar refractivity (Wildman–Crippen MR) is 490 cm³/mol. The van der Waals surface area contributed by atoms with Crippen LogP contribution in [0.5, 0.6) is 0 Å². The highest BCUT2D eigenvalue weighted by molar-refractivity contribution is 7.92. The molecule has 4 aromatic carbocycles. The van der Waals surface area contributed by atoms with E-state index >= 15 is 0 Å². The number of nitrogens with zero attached hydrogens (tertiary/aromatic N) is 11. The van der Waals surface area contributed by atoms with Gasteiger partial charge in [0, 0.05) is 91.6 Å². The van der Waals surface area contributed by atoms with Crippen LogP contribution in [-0.4, -0.2) is 278 Å². The van der Waals surface area contributed by atoms with Crippen molar-refractivity contribution in [1.29, 1.82) is 0 Å². The molecular weight excluding hydrogens is 1860 g/mol. The zero-order valence-electron chi connectivity index (χ0n) is 76.7. The number of carbonyl (C=O) groups excluding carboxylic acids is 4. The van der Waals surface area contributed by atoms with E-state index in [2.05, 4.69) is 67.6 Å². The second kappa shape index (κ2) is 40.9. The van der Waals surface area contributed by atoms with Gasteiger partial charge >= 0.3 is 0 Å². The molecule has 736 valence electrons. The van der Waals surface area contributed by atoms with Crippen molar-refractivity contribution in [3.05, 3.63) is 213 Å². The summed E-state index contributed by atoms with van der Waals surface area (Å²) in [6.45, 7) is 34.2. The van der Waals surface area contributed by atoms with Crippen molar-refractivity contribution in [3.63, 3.8) is 0 Å². The van der Waals surface area contributed by atoms with Gasteiger partial charge in [-0.1, -0.05) is 76.3 Å². The molecule has 1 aliphatic carbocycles. The van der Waals surface area contributed by atoms with E-state index in [0.29, 0.717) is 102 Å². The van der Waals surface area contributed by atoms with Gasteiger partial charge in [0.2, 0.25) is 30.1 Å². The van der Waals surface area contributed by atoms with E-state index in [-0.39, 0.29) is 189 Å². The maximum atomic E-state index is 14.1. The van der Waals surface area contributed by atoms with Crippen LogP contribution in [0.2, 0.25) is 0 Å². The molecule has 11 heterocycles. The fourth-order valence-corrected chi connectivity index (χ4v) is 24.2. The summed E-state index contributed by atoms with van der Waals surface area (Å²) in [5.74, 6) is -5.38. The Morgan fingerprint density at radius 3 is 0.897 bits per heavy atom. The van der Waals surface area contributed by atoms with E-state index in [0.717, 1.165) is 74.6 Å². The van der Waals surface area contributed by atoms with Crippen LogP contribution in [0.3, 0.4) is 0 Å². The molecular formula is C91H113F4N15O22S4. The molecule has 8 fully saturated rings. The number of aliphatic hydroxyl groups is 5. The Kier molecular flexibility index (Phi) is 30.8. The number of fused-ring (bicyclic) bond motifs is 4. The number of sulfone groups is 1. The number of nitrogens with one attached hydrogen (secondary N) is 4. The van der Waals surface area contributed by atoms with Crippen LogP contribution in [0.25, 0.3) is 0 Å². The Morgan fingerprint density at radius 1 is 0.368 bits per heavy atom. The van der Waals surface area contributed by atoms with Crippen LogP contribution >= 0.6 is 0 Å². The molecule has 9 N–H and O–H groups in total. The van der Waals surface area contributed by atoms with Gasteiger partial charge in [0.1, 0.15) is 69.0 Å². The molecule has 0 spiro atoms. The van der Waals surface area contributed by atoms with Gasteiger partial charge in [0.25, 0.3) is 23.6 Å². The lowest BCUT2D eigenvalue weighted by Gasteiger charge is -2.43. The van der Waals surface area contributed by atoms with E-state index in [4.69, 9.17) is 23.7 Å². The molecule has 4 amide bonds. The number of ether oxygens (including phenoxy) is 5. The lowest BCUT2D eigenvalue weighted by atomic mass is 10.0. The molecule has 0 unspecified atom stereocenters. The summed E-state index contributed by atoms with van der Waals surface area (Å²) in [4.78, 5) is 75.2. The quantitative estimate of drug-likeness (QED) is 0.0298. The summed E-state index contributed by atoms with van der Waals surface area (Å²) in [7, 11) is -15.7. The first kappa shape index (κ1) is 102. The summed E-state index contributed by atoms with van der Waals surface area (Å²) in [6, 6.07) is 13.7. The van der Waals surface area contributed by atoms with E-state index in [1.165, 1.54) is 43.2 Å². The number of hydrogen-bond donors (Lipinski definition) is 9. The number of aliphatic hydroxyl groups excluding tert-OH is 5. The largest absolute Gasteiger partial charge is 0.504 e. The average Bonchev–Trinajstić information content (AvgIpc) is 0.788. The number of rotatable bonds is 20. The number of halogens is 4. The third-order valence-electron chi connectivity index (χ3n) is 24.8. The molecule has 12 aliphatic rings. The highest BCUT2D eigenvalue weighted by Crippen LogP contribution is 2.39. The molecule has 136 heavy (non-hydrogen) atoms. The Labute approximate surface area is 786 Å². The summed E-state index contributed by atoms with van der Waals surface area (Å²) < 4.78 is 193. The van der Waals surface area contributed by atoms with Crippen molar-refractivity contribution in [2.45, 2.75) is 193 Å². The van der Waals surface area contributed by atoms with Crippen LogP contribution in [0.1, 0.15) is 135 Å². The van der Waals surface area contributed by atoms with E-state index in [1.54, 1.807) is 61.1 Å². The first-order chi connectivity index (χ1) is 64.0. The van der Waals surface area contributed by atoms with Crippen LogP contribution in [0.15, 0.2) is 207 Å². The zero-order valence-corrected chi connectivity index (χ0v) is 79.9. The van der Waals surface area contributed by atoms with E-state index < -0.39 is 121 Å². The van der Waals surface area contributed by atoms with Crippen molar-refractivity contribution in [2.24, 2.45) is 20.0 Å². The maximum Gasteiger partial charge on any atom is 0.274 e. The van der Waals surface area contributed by atoms with Crippen LogP contribution in [0, 0.1) is 23.3 Å². The fraction of sp³-hybridized carbons (Fsp3) is 0.473. The van der Waals surface area contributed by atoms with Gasteiger partial charge in [-0.15, -0.1) is 0 Å². The fourth-order valence-electron chi connectivity index (χ4n) is 17.0. The molecule has 0 radical (unpaired) electrons. The minimum Gasteiger partial charge on any atom is -0.504 e. The van der Waals surface area contributed by atoms with Gasteiger partial charge in [-0.2, -0.15) is 12.9 Å². The monoisotopic (exact) mass is 1970 g/mol. The number of sulfonamides is 3. The van der Waals surface area contributed by atoms with Gasteiger partial charge in [-0.05, 0) is 158 Å².